The lowest BCUT2D eigenvalue weighted by Gasteiger charge is -2.43. The van der Waals surface area contributed by atoms with E-state index >= 15 is 0 Å². The first-order valence-corrected chi connectivity index (χ1v) is 9.43. The molecule has 0 aromatic heterocycles. The average Bonchev–Trinajstić information content (AvgIpc) is 2.64. The highest BCUT2D eigenvalue weighted by molar-refractivity contribution is 5.79. The quantitative estimate of drug-likeness (QED) is 0.575. The maximum Gasteiger partial charge on any atom is 0.191 e. The highest BCUT2D eigenvalue weighted by Crippen LogP contribution is 2.25. The van der Waals surface area contributed by atoms with Gasteiger partial charge in [-0.15, -0.1) is 0 Å². The van der Waals surface area contributed by atoms with Gasteiger partial charge in [-0.1, -0.05) is 12.1 Å². The van der Waals surface area contributed by atoms with E-state index in [2.05, 4.69) is 59.7 Å². The number of rotatable bonds is 7. The van der Waals surface area contributed by atoms with Gasteiger partial charge in [-0.05, 0) is 52.4 Å². The molecule has 0 atom stereocenters. The van der Waals surface area contributed by atoms with E-state index in [1.54, 1.807) is 7.05 Å². The summed E-state index contributed by atoms with van der Waals surface area (Å²) in [5, 5.41) is 6.90. The van der Waals surface area contributed by atoms with Gasteiger partial charge < -0.3 is 25.0 Å². The van der Waals surface area contributed by atoms with Crippen molar-refractivity contribution in [1.29, 1.82) is 0 Å². The van der Waals surface area contributed by atoms with Gasteiger partial charge in [-0.25, -0.2) is 0 Å². The fourth-order valence-corrected chi connectivity index (χ4v) is 3.28. The van der Waals surface area contributed by atoms with E-state index in [1.807, 2.05) is 6.92 Å². The predicted octanol–water partition coefficient (Wildman–Crippen LogP) is 2.17. The molecular weight excluding hydrogens is 328 g/mol. The summed E-state index contributed by atoms with van der Waals surface area (Å²) in [4.78, 5) is 6.68. The van der Waals surface area contributed by atoms with Crippen molar-refractivity contribution in [2.45, 2.75) is 38.8 Å². The minimum atomic E-state index is 0.107. The number of likely N-dealkylation sites (N-methyl/N-ethyl adjacent to an activating group) is 1. The Morgan fingerprint density at radius 2 is 2.00 bits per heavy atom. The summed E-state index contributed by atoms with van der Waals surface area (Å²) in [5.74, 6) is 1.74. The van der Waals surface area contributed by atoms with E-state index in [0.29, 0.717) is 13.2 Å². The first kappa shape index (κ1) is 20.5. The molecule has 0 saturated carbocycles. The van der Waals surface area contributed by atoms with Gasteiger partial charge in [-0.3, -0.25) is 4.99 Å². The Morgan fingerprint density at radius 1 is 1.27 bits per heavy atom. The monoisotopic (exact) mass is 362 g/mol. The van der Waals surface area contributed by atoms with Crippen LogP contribution in [0.5, 0.6) is 5.75 Å². The third-order valence-corrected chi connectivity index (χ3v) is 5.15. The van der Waals surface area contributed by atoms with Crippen LogP contribution in [0.25, 0.3) is 0 Å². The van der Waals surface area contributed by atoms with Crippen LogP contribution in [0.1, 0.15) is 30.9 Å². The summed E-state index contributed by atoms with van der Waals surface area (Å²) in [6.07, 6.45) is 2.05. The number of guanidine groups is 1. The van der Waals surface area contributed by atoms with E-state index in [-0.39, 0.29) is 5.54 Å². The third kappa shape index (κ3) is 5.35. The van der Waals surface area contributed by atoms with Crippen LogP contribution in [0.4, 0.5) is 0 Å². The predicted molar refractivity (Wildman–Crippen MR) is 107 cm³/mol. The molecule has 6 nitrogen and oxygen atoms in total. The van der Waals surface area contributed by atoms with Gasteiger partial charge in [0.05, 0.1) is 6.61 Å². The van der Waals surface area contributed by atoms with Gasteiger partial charge in [-0.2, -0.15) is 0 Å². The Labute approximate surface area is 158 Å². The zero-order chi connectivity index (χ0) is 19.0. The van der Waals surface area contributed by atoms with Crippen molar-refractivity contribution in [3.8, 4) is 5.75 Å². The van der Waals surface area contributed by atoms with E-state index < -0.39 is 0 Å². The van der Waals surface area contributed by atoms with E-state index in [1.165, 1.54) is 5.56 Å². The van der Waals surface area contributed by atoms with Crippen molar-refractivity contribution < 1.29 is 9.47 Å². The summed E-state index contributed by atoms with van der Waals surface area (Å²) < 4.78 is 11.3. The van der Waals surface area contributed by atoms with E-state index in [9.17, 15) is 0 Å². The van der Waals surface area contributed by atoms with Gasteiger partial charge in [0.2, 0.25) is 0 Å². The molecule has 1 aromatic carbocycles. The zero-order valence-corrected chi connectivity index (χ0v) is 16.9. The zero-order valence-electron chi connectivity index (χ0n) is 16.9. The molecule has 2 rings (SSSR count). The lowest BCUT2D eigenvalue weighted by molar-refractivity contribution is -0.00501. The van der Waals surface area contributed by atoms with Gasteiger partial charge >= 0.3 is 0 Å². The van der Waals surface area contributed by atoms with Gasteiger partial charge in [0, 0.05) is 44.5 Å². The lowest BCUT2D eigenvalue weighted by atomic mass is 9.88. The van der Waals surface area contributed by atoms with Crippen LogP contribution in [-0.2, 0) is 11.3 Å². The Hall–Kier alpha value is -1.79. The van der Waals surface area contributed by atoms with Crippen LogP contribution in [0.2, 0.25) is 0 Å². The number of hydrogen-bond donors (Lipinski definition) is 2. The molecule has 0 bridgehead atoms. The Morgan fingerprint density at radius 3 is 2.62 bits per heavy atom. The number of hydrogen-bond acceptors (Lipinski definition) is 4. The number of ether oxygens (including phenoxy) is 2. The second kappa shape index (κ2) is 9.78. The molecule has 0 amide bonds. The minimum Gasteiger partial charge on any atom is -0.494 e. The molecule has 0 aliphatic carbocycles. The van der Waals surface area contributed by atoms with Gasteiger partial charge in [0.1, 0.15) is 5.75 Å². The largest absolute Gasteiger partial charge is 0.494 e. The minimum absolute atomic E-state index is 0.107. The summed E-state index contributed by atoms with van der Waals surface area (Å²) >= 11 is 0. The first-order chi connectivity index (χ1) is 12.5. The van der Waals surface area contributed by atoms with E-state index in [4.69, 9.17) is 9.47 Å². The standard InChI is InChI=1S/C20H34N4O2/c1-6-26-18-13-16(2)7-8-17(18)14-22-19(21-3)23-15-20(24(4)5)9-11-25-12-10-20/h7-8,13H,6,9-12,14-15H2,1-5H3,(H2,21,22,23). The number of aliphatic imine (C=N–C) groups is 1. The van der Waals surface area contributed by atoms with Crippen molar-refractivity contribution in [3.05, 3.63) is 29.3 Å². The molecule has 0 radical (unpaired) electrons. The van der Waals surface area contributed by atoms with Crippen LogP contribution >= 0.6 is 0 Å². The Balaban J connectivity index is 1.96. The van der Waals surface area contributed by atoms with Crippen LogP contribution in [0, 0.1) is 6.92 Å². The molecular formula is C20H34N4O2. The molecule has 6 heteroatoms. The maximum absolute atomic E-state index is 5.77. The molecule has 1 aliphatic rings. The van der Waals surface area contributed by atoms with Crippen molar-refractivity contribution in [2.24, 2.45) is 4.99 Å². The van der Waals surface area contributed by atoms with E-state index in [0.717, 1.165) is 49.9 Å². The van der Waals surface area contributed by atoms with Crippen molar-refractivity contribution in [3.63, 3.8) is 0 Å². The molecule has 0 unspecified atom stereocenters. The van der Waals surface area contributed by atoms with Crippen LogP contribution in [0.15, 0.2) is 23.2 Å². The first-order valence-electron chi connectivity index (χ1n) is 9.43. The van der Waals surface area contributed by atoms with Crippen LogP contribution in [-0.4, -0.2) is 63.9 Å². The second-order valence-corrected chi connectivity index (χ2v) is 7.05. The molecule has 2 N–H and O–H groups in total. The highest BCUT2D eigenvalue weighted by atomic mass is 16.5. The second-order valence-electron chi connectivity index (χ2n) is 7.05. The fourth-order valence-electron chi connectivity index (χ4n) is 3.28. The van der Waals surface area contributed by atoms with Crippen LogP contribution in [0.3, 0.4) is 0 Å². The summed E-state index contributed by atoms with van der Waals surface area (Å²) in [7, 11) is 6.09. The SMILES string of the molecule is CCOc1cc(C)ccc1CNC(=NC)NCC1(N(C)C)CCOCC1. The summed E-state index contributed by atoms with van der Waals surface area (Å²) in [6, 6.07) is 6.30. The van der Waals surface area contributed by atoms with Gasteiger partial charge in [0.25, 0.3) is 0 Å². The molecule has 1 aromatic rings. The van der Waals surface area contributed by atoms with Crippen molar-refractivity contribution in [1.82, 2.24) is 15.5 Å². The topological polar surface area (TPSA) is 58.1 Å². The Kier molecular flexibility index (Phi) is 7.72. The molecule has 0 spiro atoms. The molecule has 1 fully saturated rings. The highest BCUT2D eigenvalue weighted by Gasteiger charge is 2.34. The number of nitrogens with one attached hydrogen (secondary N) is 2. The van der Waals surface area contributed by atoms with Crippen molar-refractivity contribution >= 4 is 5.96 Å². The van der Waals surface area contributed by atoms with Gasteiger partial charge in [0.15, 0.2) is 5.96 Å². The molecule has 1 heterocycles. The summed E-state index contributed by atoms with van der Waals surface area (Å²) in [5.41, 5.74) is 2.44. The lowest BCUT2D eigenvalue weighted by Crippen LogP contribution is -2.57. The normalized spacial score (nSPS) is 17.2. The van der Waals surface area contributed by atoms with Crippen molar-refractivity contribution in [2.75, 3.05) is 47.5 Å². The average molecular weight is 363 g/mol. The third-order valence-electron chi connectivity index (χ3n) is 5.15. The molecule has 1 aliphatic heterocycles. The number of nitrogens with zero attached hydrogens (tertiary/aromatic N) is 2. The molecule has 146 valence electrons. The van der Waals surface area contributed by atoms with Crippen LogP contribution < -0.4 is 15.4 Å². The molecule has 26 heavy (non-hydrogen) atoms. The number of benzene rings is 1. The maximum atomic E-state index is 5.77. The summed E-state index contributed by atoms with van der Waals surface area (Å²) in [6.45, 7) is 7.89. The fraction of sp³-hybridized carbons (Fsp3) is 0.650. The molecule has 1 saturated heterocycles. The Bertz CT molecular complexity index is 595. The smallest absolute Gasteiger partial charge is 0.191 e. The number of aryl methyl sites for hydroxylation is 1.